The lowest BCUT2D eigenvalue weighted by Gasteiger charge is -2.38. The van der Waals surface area contributed by atoms with E-state index in [0.29, 0.717) is 26.9 Å². The summed E-state index contributed by atoms with van der Waals surface area (Å²) in [6, 6.07) is 16.4. The molecule has 0 bridgehead atoms. The number of allylic oxidation sites excluding steroid dienone is 1. The van der Waals surface area contributed by atoms with Crippen LogP contribution in [-0.4, -0.2) is 28.8 Å². The van der Waals surface area contributed by atoms with Crippen LogP contribution in [0.5, 0.6) is 5.75 Å². The van der Waals surface area contributed by atoms with Gasteiger partial charge in [0.15, 0.2) is 5.72 Å². The fourth-order valence-corrected chi connectivity index (χ4v) is 5.16. The van der Waals surface area contributed by atoms with E-state index in [9.17, 15) is 15.2 Å². The van der Waals surface area contributed by atoms with Gasteiger partial charge in [-0.05, 0) is 29.8 Å². The van der Waals surface area contributed by atoms with Crippen LogP contribution in [-0.2, 0) is 10.5 Å². The molecule has 0 unspecified atom stereocenters. The Morgan fingerprint density at radius 1 is 1.25 bits per heavy atom. The molecule has 0 spiro atoms. The molecule has 2 aromatic rings. The second kappa shape index (κ2) is 7.17. The fourth-order valence-electron chi connectivity index (χ4n) is 3.68. The molecule has 1 saturated heterocycles. The molecule has 142 valence electrons. The Morgan fingerprint density at radius 3 is 2.54 bits per heavy atom. The molecule has 2 aliphatic heterocycles. The van der Waals surface area contributed by atoms with Crippen molar-refractivity contribution in [3.05, 3.63) is 75.3 Å². The van der Waals surface area contributed by atoms with Crippen molar-refractivity contribution < 1.29 is 14.6 Å². The number of amides is 1. The van der Waals surface area contributed by atoms with E-state index in [1.54, 1.807) is 31.4 Å². The molecule has 0 saturated carbocycles. The van der Waals surface area contributed by atoms with Crippen molar-refractivity contribution >= 4 is 29.3 Å². The molecule has 28 heavy (non-hydrogen) atoms. The van der Waals surface area contributed by atoms with Crippen LogP contribution in [0.3, 0.4) is 0 Å². The molecule has 5 nitrogen and oxygen atoms in total. The molecule has 4 rings (SSSR count). The average molecular weight is 413 g/mol. The zero-order valence-corrected chi connectivity index (χ0v) is 16.6. The highest BCUT2D eigenvalue weighted by atomic mass is 35.5. The van der Waals surface area contributed by atoms with Crippen molar-refractivity contribution in [2.24, 2.45) is 0 Å². The number of benzene rings is 2. The van der Waals surface area contributed by atoms with Crippen LogP contribution in [0.1, 0.15) is 23.5 Å². The molecular formula is C21H17ClN2O3S. The number of rotatable bonds is 3. The van der Waals surface area contributed by atoms with Gasteiger partial charge in [-0.25, -0.2) is 0 Å². The Hall–Kier alpha value is -2.46. The molecule has 2 aliphatic rings. The number of hydrogen-bond donors (Lipinski definition) is 1. The summed E-state index contributed by atoms with van der Waals surface area (Å²) in [6.07, 6.45) is 0.120. The summed E-state index contributed by atoms with van der Waals surface area (Å²) >= 11 is 7.28. The second-order valence-corrected chi connectivity index (χ2v) is 8.10. The van der Waals surface area contributed by atoms with E-state index < -0.39 is 5.72 Å². The molecule has 1 amide bonds. The van der Waals surface area contributed by atoms with Crippen molar-refractivity contribution in [3.8, 4) is 11.8 Å². The number of hydrogen-bond acceptors (Lipinski definition) is 5. The zero-order valence-electron chi connectivity index (χ0n) is 15.1. The Morgan fingerprint density at radius 2 is 1.93 bits per heavy atom. The third-order valence-electron chi connectivity index (χ3n) is 5.14. The van der Waals surface area contributed by atoms with Gasteiger partial charge in [-0.1, -0.05) is 35.9 Å². The van der Waals surface area contributed by atoms with Gasteiger partial charge in [0.05, 0.1) is 29.5 Å². The minimum absolute atomic E-state index is 0.120. The highest BCUT2D eigenvalue weighted by Gasteiger charge is 2.51. The number of carbonyl (C=O) groups is 1. The summed E-state index contributed by atoms with van der Waals surface area (Å²) in [4.78, 5) is 14.4. The van der Waals surface area contributed by atoms with E-state index in [4.69, 9.17) is 16.3 Å². The smallest absolute Gasteiger partial charge is 0.231 e. The van der Waals surface area contributed by atoms with Crippen LogP contribution >= 0.6 is 23.4 Å². The minimum Gasteiger partial charge on any atom is -0.497 e. The third-order valence-corrected chi connectivity index (χ3v) is 6.61. The maximum atomic E-state index is 13.1. The first-order chi connectivity index (χ1) is 13.5. The number of carbonyl (C=O) groups excluding carboxylic acids is 1. The maximum absolute atomic E-state index is 13.1. The number of thioether (sulfide) groups is 1. The predicted molar refractivity (Wildman–Crippen MR) is 108 cm³/mol. The highest BCUT2D eigenvalue weighted by molar-refractivity contribution is 8.03. The SMILES string of the molecule is COc1ccc([C@@H]2CC(=O)N3C(=C2C#N)SC[C@]3(O)c2ccc(Cl)cc2)cc1. The van der Waals surface area contributed by atoms with Crippen LogP contribution in [0.4, 0.5) is 0 Å². The van der Waals surface area contributed by atoms with Crippen LogP contribution in [0.2, 0.25) is 5.02 Å². The normalized spacial score (nSPS) is 24.1. The molecule has 2 heterocycles. The monoisotopic (exact) mass is 412 g/mol. The van der Waals surface area contributed by atoms with Gasteiger partial charge in [-0.15, -0.1) is 11.8 Å². The Bertz CT molecular complexity index is 998. The van der Waals surface area contributed by atoms with Gasteiger partial charge in [0, 0.05) is 22.9 Å². The van der Waals surface area contributed by atoms with Crippen LogP contribution < -0.4 is 4.74 Å². The van der Waals surface area contributed by atoms with E-state index in [-0.39, 0.29) is 24.0 Å². The molecule has 7 heteroatoms. The van der Waals surface area contributed by atoms with Crippen molar-refractivity contribution in [2.45, 2.75) is 18.1 Å². The Kier molecular flexibility index (Phi) is 4.84. The predicted octanol–water partition coefficient (Wildman–Crippen LogP) is 3.99. The van der Waals surface area contributed by atoms with Crippen molar-refractivity contribution in [2.75, 3.05) is 12.9 Å². The van der Waals surface area contributed by atoms with Gasteiger partial charge in [0.2, 0.25) is 5.91 Å². The lowest BCUT2D eigenvalue weighted by molar-refractivity contribution is -0.149. The molecular weight excluding hydrogens is 396 g/mol. The second-order valence-electron chi connectivity index (χ2n) is 6.70. The number of halogens is 1. The number of nitrogens with zero attached hydrogens (tertiary/aromatic N) is 2. The van der Waals surface area contributed by atoms with Crippen LogP contribution in [0.15, 0.2) is 59.1 Å². The molecule has 1 N–H and O–H groups in total. The topological polar surface area (TPSA) is 73.6 Å². The standard InChI is InChI=1S/C21H17ClN2O3S/c1-27-16-8-2-13(3-9-16)17-10-19(25)24-20(18(17)11-23)28-12-21(24,26)14-4-6-15(22)7-5-14/h2-9,17,26H,10,12H2,1H3/t17-,21-/m0/s1. The number of methoxy groups -OCH3 is 1. The van der Waals surface area contributed by atoms with Gasteiger partial charge in [0.1, 0.15) is 5.75 Å². The van der Waals surface area contributed by atoms with E-state index in [0.717, 1.165) is 5.56 Å². The quantitative estimate of drug-likeness (QED) is 0.825. The summed E-state index contributed by atoms with van der Waals surface area (Å²) in [7, 11) is 1.59. The summed E-state index contributed by atoms with van der Waals surface area (Å²) in [6.45, 7) is 0. The highest BCUT2D eigenvalue weighted by Crippen LogP contribution is 2.51. The Balaban J connectivity index is 1.77. The first-order valence-corrected chi connectivity index (χ1v) is 10.1. The third kappa shape index (κ3) is 2.96. The van der Waals surface area contributed by atoms with Crippen molar-refractivity contribution in [3.63, 3.8) is 0 Å². The van der Waals surface area contributed by atoms with Crippen molar-refractivity contribution in [1.82, 2.24) is 4.90 Å². The lowest BCUT2D eigenvalue weighted by atomic mass is 9.85. The van der Waals surface area contributed by atoms with Gasteiger partial charge >= 0.3 is 0 Å². The number of nitriles is 1. The molecule has 0 aliphatic carbocycles. The average Bonchev–Trinajstić information content (AvgIpc) is 3.07. The van der Waals surface area contributed by atoms with Crippen LogP contribution in [0.25, 0.3) is 0 Å². The number of aliphatic hydroxyl groups is 1. The summed E-state index contributed by atoms with van der Waals surface area (Å²) < 4.78 is 5.19. The van der Waals surface area contributed by atoms with Gasteiger partial charge in [0.25, 0.3) is 0 Å². The zero-order chi connectivity index (χ0) is 19.9. The van der Waals surface area contributed by atoms with E-state index in [1.807, 2.05) is 24.3 Å². The first kappa shape index (κ1) is 18.9. The summed E-state index contributed by atoms with van der Waals surface area (Å²) in [5.41, 5.74) is 0.460. The number of fused-ring (bicyclic) bond motifs is 1. The largest absolute Gasteiger partial charge is 0.497 e. The summed E-state index contributed by atoms with van der Waals surface area (Å²) in [5, 5.41) is 22.3. The van der Waals surface area contributed by atoms with Crippen LogP contribution in [0, 0.1) is 11.3 Å². The van der Waals surface area contributed by atoms with E-state index >= 15 is 0 Å². The van der Waals surface area contributed by atoms with E-state index in [1.165, 1.54) is 16.7 Å². The van der Waals surface area contributed by atoms with Crippen molar-refractivity contribution in [1.29, 1.82) is 5.26 Å². The molecule has 2 atom stereocenters. The Labute approximate surface area is 172 Å². The summed E-state index contributed by atoms with van der Waals surface area (Å²) in [5.74, 6) is 0.425. The van der Waals surface area contributed by atoms with Gasteiger partial charge in [-0.3, -0.25) is 9.69 Å². The first-order valence-electron chi connectivity index (χ1n) is 8.70. The van der Waals surface area contributed by atoms with E-state index in [2.05, 4.69) is 6.07 Å². The fraction of sp³-hybridized carbons (Fsp3) is 0.238. The minimum atomic E-state index is -1.49. The molecule has 0 radical (unpaired) electrons. The molecule has 2 aromatic carbocycles. The number of ether oxygens (including phenoxy) is 1. The van der Waals surface area contributed by atoms with Gasteiger partial charge in [-0.2, -0.15) is 5.26 Å². The lowest BCUT2D eigenvalue weighted by Crippen LogP contribution is -2.48. The molecule has 1 fully saturated rings. The molecule has 0 aromatic heterocycles. The maximum Gasteiger partial charge on any atom is 0.231 e. The van der Waals surface area contributed by atoms with Gasteiger partial charge < -0.3 is 9.84 Å².